The van der Waals surface area contributed by atoms with Crippen molar-refractivity contribution in [2.45, 2.75) is 17.1 Å². The van der Waals surface area contributed by atoms with E-state index in [1.807, 2.05) is 0 Å². The van der Waals surface area contributed by atoms with Crippen molar-refractivity contribution in [3.8, 4) is 28.4 Å². The van der Waals surface area contributed by atoms with Crippen LogP contribution >= 0.6 is 11.8 Å². The van der Waals surface area contributed by atoms with Gasteiger partial charge >= 0.3 is 6.36 Å². The van der Waals surface area contributed by atoms with Crippen LogP contribution in [0.5, 0.6) is 5.75 Å². The second-order valence-corrected chi connectivity index (χ2v) is 7.10. The predicted molar refractivity (Wildman–Crippen MR) is 103 cm³/mol. The van der Waals surface area contributed by atoms with Gasteiger partial charge < -0.3 is 9.26 Å². The topological polar surface area (TPSA) is 73.9 Å². The monoisotopic (exact) mass is 448 g/mol. The molecule has 11 heteroatoms. The van der Waals surface area contributed by atoms with Crippen molar-refractivity contribution >= 4 is 11.8 Å². The molecule has 0 saturated heterocycles. The molecule has 0 radical (unpaired) electrons. The highest BCUT2D eigenvalue weighted by atomic mass is 32.2. The number of rotatable bonds is 6. The summed E-state index contributed by atoms with van der Waals surface area (Å²) in [6.07, 6.45) is -4.76. The van der Waals surface area contributed by atoms with Crippen molar-refractivity contribution in [1.82, 2.24) is 20.3 Å². The zero-order valence-electron chi connectivity index (χ0n) is 15.5. The number of aromatic nitrogens is 4. The molecule has 0 bridgehead atoms. The summed E-state index contributed by atoms with van der Waals surface area (Å²) in [5, 5.41) is 12.5. The Balaban J connectivity index is 1.38. The first-order chi connectivity index (χ1) is 14.9. The normalized spacial score (nSPS) is 11.5. The summed E-state index contributed by atoms with van der Waals surface area (Å²) < 4.78 is 59.5. The average Bonchev–Trinajstić information content (AvgIpc) is 3.22. The summed E-state index contributed by atoms with van der Waals surface area (Å²) in [7, 11) is 0. The minimum absolute atomic E-state index is 0.232. The van der Waals surface area contributed by atoms with Crippen molar-refractivity contribution in [2.24, 2.45) is 0 Å². The van der Waals surface area contributed by atoms with Gasteiger partial charge in [-0.3, -0.25) is 0 Å². The molecular weight excluding hydrogens is 436 g/mol. The fraction of sp³-hybridized carbons (Fsp3) is 0.100. The molecule has 6 nitrogen and oxygen atoms in total. The maximum Gasteiger partial charge on any atom is 0.573 e. The van der Waals surface area contributed by atoms with Crippen LogP contribution in [0.3, 0.4) is 0 Å². The largest absolute Gasteiger partial charge is 0.573 e. The lowest BCUT2D eigenvalue weighted by Gasteiger charge is -2.08. The quantitative estimate of drug-likeness (QED) is 0.284. The molecule has 2 aromatic carbocycles. The maximum atomic E-state index is 13.8. The van der Waals surface area contributed by atoms with Crippen LogP contribution in [-0.4, -0.2) is 26.7 Å². The van der Waals surface area contributed by atoms with E-state index in [4.69, 9.17) is 4.52 Å². The fourth-order valence-electron chi connectivity index (χ4n) is 2.58. The summed E-state index contributed by atoms with van der Waals surface area (Å²) in [6.45, 7) is 0. The molecule has 2 aromatic heterocycles. The number of thioether (sulfide) groups is 1. The van der Waals surface area contributed by atoms with E-state index < -0.39 is 6.36 Å². The van der Waals surface area contributed by atoms with Crippen LogP contribution in [0, 0.1) is 5.82 Å². The number of ether oxygens (including phenoxy) is 1. The second kappa shape index (κ2) is 8.72. The summed E-state index contributed by atoms with van der Waals surface area (Å²) >= 11 is 1.29. The van der Waals surface area contributed by atoms with Gasteiger partial charge in [0.2, 0.25) is 11.7 Å². The third kappa shape index (κ3) is 5.37. The molecule has 0 aliphatic carbocycles. The molecule has 0 amide bonds. The molecule has 158 valence electrons. The number of hydrogen-bond donors (Lipinski definition) is 0. The number of alkyl halides is 3. The molecule has 0 N–H and O–H groups in total. The minimum atomic E-state index is -4.76. The van der Waals surface area contributed by atoms with Crippen LogP contribution in [0.2, 0.25) is 0 Å². The number of halogens is 4. The molecule has 0 unspecified atom stereocenters. The first-order valence-corrected chi connectivity index (χ1v) is 9.76. The van der Waals surface area contributed by atoms with E-state index in [1.165, 1.54) is 42.1 Å². The van der Waals surface area contributed by atoms with Gasteiger partial charge in [0.25, 0.3) is 0 Å². The van der Waals surface area contributed by atoms with Gasteiger partial charge in [-0.25, -0.2) is 4.39 Å². The third-order valence-corrected chi connectivity index (χ3v) is 4.85. The van der Waals surface area contributed by atoms with Gasteiger partial charge in [-0.2, -0.15) is 4.98 Å². The van der Waals surface area contributed by atoms with Gasteiger partial charge in [0.15, 0.2) is 0 Å². The van der Waals surface area contributed by atoms with Gasteiger partial charge in [0, 0.05) is 11.1 Å². The van der Waals surface area contributed by atoms with Crippen LogP contribution < -0.4 is 4.74 Å². The third-order valence-electron chi connectivity index (χ3n) is 3.95. The zero-order chi connectivity index (χ0) is 21.8. The Kier molecular flexibility index (Phi) is 5.85. The maximum absolute atomic E-state index is 13.8. The number of benzene rings is 2. The predicted octanol–water partition coefficient (Wildman–Crippen LogP) is 5.52. The SMILES string of the molecule is Fc1ccccc1-c1ccc(SCc2nc(-c3ccc(OC(F)(F)F)cc3)no2)nn1. The Bertz CT molecular complexity index is 1170. The van der Waals surface area contributed by atoms with Crippen molar-refractivity contribution in [2.75, 3.05) is 0 Å². The van der Waals surface area contributed by atoms with Crippen molar-refractivity contribution < 1.29 is 26.8 Å². The Morgan fingerprint density at radius 1 is 0.935 bits per heavy atom. The lowest BCUT2D eigenvalue weighted by Crippen LogP contribution is -2.16. The molecule has 31 heavy (non-hydrogen) atoms. The first kappa shape index (κ1) is 20.8. The smallest absolute Gasteiger partial charge is 0.406 e. The molecule has 2 heterocycles. The fourth-order valence-corrected chi connectivity index (χ4v) is 3.23. The highest BCUT2D eigenvalue weighted by Crippen LogP contribution is 2.27. The molecule has 0 fully saturated rings. The van der Waals surface area contributed by atoms with Gasteiger partial charge in [0.05, 0.1) is 11.4 Å². The Morgan fingerprint density at radius 3 is 2.39 bits per heavy atom. The molecular formula is C20H12F4N4O2S. The first-order valence-electron chi connectivity index (χ1n) is 8.77. The van der Waals surface area contributed by atoms with Gasteiger partial charge in [-0.1, -0.05) is 29.1 Å². The van der Waals surface area contributed by atoms with Crippen LogP contribution in [0.1, 0.15) is 5.89 Å². The summed E-state index contributed by atoms with van der Waals surface area (Å²) in [4.78, 5) is 4.22. The van der Waals surface area contributed by atoms with E-state index in [0.717, 1.165) is 0 Å². The van der Waals surface area contributed by atoms with Crippen LogP contribution in [0.25, 0.3) is 22.6 Å². The minimum Gasteiger partial charge on any atom is -0.406 e. The van der Waals surface area contributed by atoms with Crippen molar-refractivity contribution in [3.63, 3.8) is 0 Å². The van der Waals surface area contributed by atoms with Crippen molar-refractivity contribution in [1.29, 1.82) is 0 Å². The van der Waals surface area contributed by atoms with Crippen LogP contribution in [0.15, 0.2) is 70.2 Å². The molecule has 0 atom stereocenters. The lowest BCUT2D eigenvalue weighted by atomic mass is 10.1. The molecule has 4 rings (SSSR count). The number of nitrogens with zero attached hydrogens (tertiary/aromatic N) is 4. The summed E-state index contributed by atoms with van der Waals surface area (Å²) in [6, 6.07) is 14.8. The van der Waals surface area contributed by atoms with Crippen LogP contribution in [0.4, 0.5) is 17.6 Å². The van der Waals surface area contributed by atoms with Gasteiger partial charge in [-0.15, -0.1) is 23.4 Å². The Morgan fingerprint density at radius 2 is 1.71 bits per heavy atom. The molecule has 0 saturated carbocycles. The van der Waals surface area contributed by atoms with E-state index in [1.54, 1.807) is 30.3 Å². The second-order valence-electron chi connectivity index (χ2n) is 6.11. The van der Waals surface area contributed by atoms with E-state index >= 15 is 0 Å². The standard InChI is InChI=1S/C20H12F4N4O2S/c21-15-4-2-1-3-14(15)16-9-10-18(27-26-16)31-11-17-25-19(28-30-17)12-5-7-13(8-6-12)29-20(22,23)24/h1-10H,11H2. The van der Waals surface area contributed by atoms with Crippen molar-refractivity contribution in [3.05, 3.63) is 72.4 Å². The highest BCUT2D eigenvalue weighted by Gasteiger charge is 2.31. The molecule has 0 aliphatic rings. The van der Waals surface area contributed by atoms with E-state index in [-0.39, 0.29) is 17.4 Å². The summed E-state index contributed by atoms with van der Waals surface area (Å²) in [5.41, 5.74) is 1.25. The zero-order valence-corrected chi connectivity index (χ0v) is 16.3. The van der Waals surface area contributed by atoms with Gasteiger partial charge in [-0.05, 0) is 48.5 Å². The van der Waals surface area contributed by atoms with E-state index in [2.05, 4.69) is 25.1 Å². The average molecular weight is 448 g/mol. The Labute approximate surface area is 177 Å². The lowest BCUT2D eigenvalue weighted by molar-refractivity contribution is -0.274. The number of hydrogen-bond acceptors (Lipinski definition) is 7. The molecule has 0 aliphatic heterocycles. The molecule has 0 spiro atoms. The highest BCUT2D eigenvalue weighted by molar-refractivity contribution is 7.98. The summed E-state index contributed by atoms with van der Waals surface area (Å²) in [5.74, 6) is 0.114. The Hall–Kier alpha value is -3.47. The molecule has 4 aromatic rings. The van der Waals surface area contributed by atoms with E-state index in [0.29, 0.717) is 33.5 Å². The van der Waals surface area contributed by atoms with Crippen LogP contribution in [-0.2, 0) is 5.75 Å². The van der Waals surface area contributed by atoms with E-state index in [9.17, 15) is 17.6 Å². The van der Waals surface area contributed by atoms with Gasteiger partial charge in [0.1, 0.15) is 16.6 Å².